The fourth-order valence-electron chi connectivity index (χ4n) is 2.45. The Hall–Kier alpha value is -3.06. The Labute approximate surface area is 158 Å². The average Bonchev–Trinajstić information content (AvgIpc) is 2.60. The summed E-state index contributed by atoms with van der Waals surface area (Å²) in [6.07, 6.45) is 0. The van der Waals surface area contributed by atoms with Crippen molar-refractivity contribution in [2.24, 2.45) is 10.2 Å². The van der Waals surface area contributed by atoms with Gasteiger partial charge in [-0.1, -0.05) is 24.3 Å². The summed E-state index contributed by atoms with van der Waals surface area (Å²) in [5, 5.41) is 27.5. The molecule has 0 saturated carbocycles. The molecule has 0 aliphatic rings. The number of aromatic hydroxyl groups is 2. The highest BCUT2D eigenvalue weighted by molar-refractivity contribution is 7.86. The third-order valence-electron chi connectivity index (χ3n) is 3.75. The summed E-state index contributed by atoms with van der Waals surface area (Å²) < 4.78 is 64.2. The second kappa shape index (κ2) is 6.83. The molecule has 0 fully saturated rings. The lowest BCUT2D eigenvalue weighted by molar-refractivity contribution is 0.472. The van der Waals surface area contributed by atoms with Crippen molar-refractivity contribution < 1.29 is 36.2 Å². The minimum absolute atomic E-state index is 0.0534. The first-order chi connectivity index (χ1) is 13.0. The van der Waals surface area contributed by atoms with Crippen LogP contribution in [0.2, 0.25) is 0 Å². The minimum Gasteiger partial charge on any atom is -0.506 e. The quantitative estimate of drug-likeness (QED) is 0.365. The number of hydrogen-bond donors (Lipinski definition) is 4. The summed E-state index contributed by atoms with van der Waals surface area (Å²) in [6.45, 7) is 0. The Kier molecular flexibility index (Phi) is 4.81. The molecule has 0 saturated heterocycles. The van der Waals surface area contributed by atoms with Crippen LogP contribution in [0.4, 0.5) is 11.4 Å². The zero-order valence-electron chi connectivity index (χ0n) is 13.8. The molecule has 0 aromatic heterocycles. The molecule has 3 aromatic carbocycles. The van der Waals surface area contributed by atoms with Crippen molar-refractivity contribution in [3.63, 3.8) is 0 Å². The molecule has 0 aliphatic carbocycles. The van der Waals surface area contributed by atoms with Crippen molar-refractivity contribution in [3.8, 4) is 11.5 Å². The van der Waals surface area contributed by atoms with E-state index >= 15 is 0 Å². The van der Waals surface area contributed by atoms with Gasteiger partial charge in [-0.05, 0) is 24.3 Å². The summed E-state index contributed by atoms with van der Waals surface area (Å²) in [6, 6.07) is 9.41. The van der Waals surface area contributed by atoms with E-state index in [2.05, 4.69) is 10.2 Å². The molecule has 3 aromatic rings. The average molecular weight is 424 g/mol. The fraction of sp³-hybridized carbons (Fsp3) is 0. The van der Waals surface area contributed by atoms with Crippen LogP contribution < -0.4 is 0 Å². The number of nitrogens with zero attached hydrogens (tertiary/aromatic N) is 2. The smallest absolute Gasteiger partial charge is 0.295 e. The van der Waals surface area contributed by atoms with Crippen LogP contribution in [-0.2, 0) is 20.2 Å². The lowest BCUT2D eigenvalue weighted by Gasteiger charge is -2.08. The molecule has 0 aliphatic heterocycles. The number of phenols is 2. The highest BCUT2D eigenvalue weighted by Crippen LogP contribution is 2.40. The van der Waals surface area contributed by atoms with Gasteiger partial charge in [0, 0.05) is 10.8 Å². The molecule has 146 valence electrons. The third kappa shape index (κ3) is 3.80. The zero-order chi connectivity index (χ0) is 20.7. The highest BCUT2D eigenvalue weighted by atomic mass is 32.2. The van der Waals surface area contributed by atoms with Gasteiger partial charge in [-0.25, -0.2) is 0 Å². The topological polar surface area (TPSA) is 174 Å². The zero-order valence-corrected chi connectivity index (χ0v) is 15.4. The summed E-state index contributed by atoms with van der Waals surface area (Å²) in [5.41, 5.74) is -0.723. The summed E-state index contributed by atoms with van der Waals surface area (Å²) in [7, 11) is -9.22. The van der Waals surface area contributed by atoms with Gasteiger partial charge in [0.05, 0.1) is 4.90 Å². The Morgan fingerprint density at radius 2 is 1.32 bits per heavy atom. The van der Waals surface area contributed by atoms with E-state index in [9.17, 15) is 31.6 Å². The number of azo groups is 1. The number of rotatable bonds is 4. The molecule has 0 radical (unpaired) electrons. The summed E-state index contributed by atoms with van der Waals surface area (Å²) in [5.74, 6) is -0.927. The second-order valence-electron chi connectivity index (χ2n) is 5.59. The van der Waals surface area contributed by atoms with Crippen molar-refractivity contribution in [2.45, 2.75) is 9.79 Å². The van der Waals surface area contributed by atoms with Gasteiger partial charge in [0.2, 0.25) is 0 Å². The molecule has 0 unspecified atom stereocenters. The van der Waals surface area contributed by atoms with E-state index in [1.54, 1.807) is 0 Å². The largest absolute Gasteiger partial charge is 0.506 e. The first kappa shape index (κ1) is 19.7. The van der Waals surface area contributed by atoms with Crippen molar-refractivity contribution in [1.82, 2.24) is 0 Å². The third-order valence-corrected chi connectivity index (χ3v) is 5.49. The lowest BCUT2D eigenvalue weighted by atomic mass is 10.1. The Balaban J connectivity index is 2.20. The number of phenolic OH excluding ortho intramolecular Hbond substituents is 2. The molecule has 0 heterocycles. The predicted molar refractivity (Wildman–Crippen MR) is 97.5 cm³/mol. The molecule has 28 heavy (non-hydrogen) atoms. The van der Waals surface area contributed by atoms with Crippen LogP contribution in [0.15, 0.2) is 68.6 Å². The summed E-state index contributed by atoms with van der Waals surface area (Å²) in [4.78, 5) is -1.08. The Bertz CT molecular complexity index is 1330. The van der Waals surface area contributed by atoms with Gasteiger partial charge in [-0.15, -0.1) is 10.2 Å². The molecule has 10 nitrogen and oxygen atoms in total. The fourth-order valence-corrected chi connectivity index (χ4v) is 3.67. The number of fused-ring (bicyclic) bond motifs is 1. The van der Waals surface area contributed by atoms with Crippen LogP contribution in [0.3, 0.4) is 0 Å². The minimum atomic E-state index is -4.66. The monoisotopic (exact) mass is 424 g/mol. The number of benzene rings is 3. The van der Waals surface area contributed by atoms with Crippen LogP contribution in [0.25, 0.3) is 10.8 Å². The highest BCUT2D eigenvalue weighted by Gasteiger charge is 2.19. The van der Waals surface area contributed by atoms with Crippen LogP contribution in [-0.4, -0.2) is 36.2 Å². The molecule has 12 heteroatoms. The molecule has 3 rings (SSSR count). The first-order valence-corrected chi connectivity index (χ1v) is 10.3. The maximum atomic E-state index is 11.7. The molecular weight excluding hydrogens is 412 g/mol. The van der Waals surface area contributed by atoms with Crippen molar-refractivity contribution in [1.29, 1.82) is 0 Å². The lowest BCUT2D eigenvalue weighted by Crippen LogP contribution is -1.99. The van der Waals surface area contributed by atoms with Crippen molar-refractivity contribution in [3.05, 3.63) is 48.5 Å². The number of hydrogen-bond acceptors (Lipinski definition) is 8. The van der Waals surface area contributed by atoms with E-state index in [0.717, 1.165) is 24.3 Å². The second-order valence-corrected chi connectivity index (χ2v) is 8.40. The molecular formula is C16H12N2O8S2. The van der Waals surface area contributed by atoms with E-state index in [-0.39, 0.29) is 22.1 Å². The van der Waals surface area contributed by atoms with Crippen molar-refractivity contribution in [2.75, 3.05) is 0 Å². The van der Waals surface area contributed by atoms with E-state index in [0.29, 0.717) is 0 Å². The molecule has 0 amide bonds. The first-order valence-electron chi connectivity index (χ1n) is 7.43. The summed E-state index contributed by atoms with van der Waals surface area (Å²) >= 11 is 0. The van der Waals surface area contributed by atoms with E-state index in [1.165, 1.54) is 24.3 Å². The standard InChI is InChI=1S/C16H12N2O8S2/c19-14-6-5-9(27(21,22)23)7-12(14)17-18-13-8-15(28(24,25)26)10-3-1-2-4-11(10)16(13)20/h1-8,19-20H,(H,21,22,23)(H,24,25,26). The molecule has 4 N–H and O–H groups in total. The van der Waals surface area contributed by atoms with Gasteiger partial charge in [-0.2, -0.15) is 16.8 Å². The van der Waals surface area contributed by atoms with Crippen LogP contribution in [0, 0.1) is 0 Å². The van der Waals surface area contributed by atoms with Gasteiger partial charge < -0.3 is 10.2 Å². The van der Waals surface area contributed by atoms with E-state index in [1.807, 2.05) is 0 Å². The van der Waals surface area contributed by atoms with Crippen LogP contribution >= 0.6 is 0 Å². The Morgan fingerprint density at radius 3 is 1.93 bits per heavy atom. The van der Waals surface area contributed by atoms with Gasteiger partial charge in [0.25, 0.3) is 20.2 Å². The molecule has 0 atom stereocenters. The normalized spacial score (nSPS) is 12.6. The van der Waals surface area contributed by atoms with E-state index in [4.69, 9.17) is 4.55 Å². The van der Waals surface area contributed by atoms with Gasteiger partial charge >= 0.3 is 0 Å². The Morgan fingerprint density at radius 1 is 0.714 bits per heavy atom. The van der Waals surface area contributed by atoms with Crippen LogP contribution in [0.5, 0.6) is 11.5 Å². The predicted octanol–water partition coefficient (Wildman–Crippen LogP) is 3.16. The SMILES string of the molecule is O=S(=O)(O)c1ccc(O)c(N=Nc2cc(S(=O)(=O)O)c3ccccc3c2O)c1. The van der Waals surface area contributed by atoms with Gasteiger partial charge in [0.15, 0.2) is 5.75 Å². The van der Waals surface area contributed by atoms with Gasteiger partial charge in [0.1, 0.15) is 22.0 Å². The maximum absolute atomic E-state index is 11.7. The van der Waals surface area contributed by atoms with Gasteiger partial charge in [-0.3, -0.25) is 9.11 Å². The van der Waals surface area contributed by atoms with Crippen LogP contribution in [0.1, 0.15) is 0 Å². The van der Waals surface area contributed by atoms with E-state index < -0.39 is 41.5 Å². The maximum Gasteiger partial charge on any atom is 0.295 e. The van der Waals surface area contributed by atoms with Crippen molar-refractivity contribution >= 4 is 42.4 Å². The molecule has 0 spiro atoms. The molecule has 0 bridgehead atoms.